The predicted molar refractivity (Wildman–Crippen MR) is 216 cm³/mol. The second kappa shape index (κ2) is 13.9. The monoisotopic (exact) mass is 653 g/mol. The molecule has 2 fully saturated rings. The van der Waals surface area contributed by atoms with E-state index in [1.807, 2.05) is 0 Å². The highest BCUT2D eigenvalue weighted by Gasteiger charge is 2.38. The molecule has 0 bridgehead atoms. The van der Waals surface area contributed by atoms with Crippen LogP contribution in [0, 0.1) is 42.4 Å². The van der Waals surface area contributed by atoms with Crippen molar-refractivity contribution in [1.29, 1.82) is 0 Å². The maximum Gasteiger partial charge on any atom is 0.00787 e. The molecule has 3 aromatic rings. The van der Waals surface area contributed by atoms with Gasteiger partial charge in [0.05, 0.1) is 0 Å². The summed E-state index contributed by atoms with van der Waals surface area (Å²) in [6.45, 7) is 27.0. The third-order valence-corrected chi connectivity index (χ3v) is 11.7. The summed E-state index contributed by atoms with van der Waals surface area (Å²) in [6, 6.07) is 19.1. The van der Waals surface area contributed by atoms with Crippen molar-refractivity contribution >= 4 is 17.2 Å². The Balaban J connectivity index is 0.000000778. The molecule has 0 spiro atoms. The van der Waals surface area contributed by atoms with Crippen molar-refractivity contribution in [1.82, 2.24) is 0 Å². The molecule has 0 heterocycles. The number of aryl methyl sites for hydroxylation is 2. The van der Waals surface area contributed by atoms with Gasteiger partial charge in [-0.3, -0.25) is 0 Å². The fraction of sp³-hybridized carbons (Fsp3) is 0.510. The van der Waals surface area contributed by atoms with Gasteiger partial charge < -0.3 is 0 Å². The highest BCUT2D eigenvalue weighted by Crippen LogP contribution is 2.53. The van der Waals surface area contributed by atoms with Crippen LogP contribution in [0.3, 0.4) is 0 Å². The number of allylic oxidation sites excluding steroid dienone is 4. The van der Waals surface area contributed by atoms with Crippen molar-refractivity contribution in [3.05, 3.63) is 111 Å². The Bertz CT molecular complexity index is 1740. The fourth-order valence-corrected chi connectivity index (χ4v) is 8.98. The Morgan fingerprint density at radius 2 is 1.39 bits per heavy atom. The lowest BCUT2D eigenvalue weighted by atomic mass is 9.67. The van der Waals surface area contributed by atoms with Gasteiger partial charge in [-0.1, -0.05) is 140 Å². The summed E-state index contributed by atoms with van der Waals surface area (Å²) in [5, 5.41) is 0. The van der Waals surface area contributed by atoms with E-state index in [9.17, 15) is 0 Å². The molecule has 0 nitrogen and oxygen atoms in total. The second-order valence-electron chi connectivity index (χ2n) is 19.0. The molecule has 260 valence electrons. The van der Waals surface area contributed by atoms with Crippen LogP contribution in [0.5, 0.6) is 0 Å². The van der Waals surface area contributed by atoms with E-state index >= 15 is 0 Å². The van der Waals surface area contributed by atoms with Gasteiger partial charge in [-0.2, -0.15) is 0 Å². The molecule has 0 aliphatic heterocycles. The van der Waals surface area contributed by atoms with Crippen LogP contribution in [-0.4, -0.2) is 0 Å². The first-order valence-corrected chi connectivity index (χ1v) is 19.5. The first-order chi connectivity index (χ1) is 23.1. The number of benzene rings is 3. The van der Waals surface area contributed by atoms with Gasteiger partial charge in [0, 0.05) is 5.92 Å². The van der Waals surface area contributed by atoms with Crippen LogP contribution in [0.15, 0.2) is 66.8 Å². The first-order valence-electron chi connectivity index (χ1n) is 19.5. The molecule has 0 N–H and O–H groups in total. The highest BCUT2D eigenvalue weighted by atomic mass is 14.4. The Labute approximate surface area is 300 Å². The summed E-state index contributed by atoms with van der Waals surface area (Å²) in [7, 11) is 0. The molecule has 2 saturated carbocycles. The minimum atomic E-state index is 0.226. The van der Waals surface area contributed by atoms with Crippen molar-refractivity contribution in [3.63, 3.8) is 0 Å². The maximum absolute atomic E-state index is 4.30. The smallest absolute Gasteiger partial charge is 0.00787 e. The van der Waals surface area contributed by atoms with Gasteiger partial charge in [0.25, 0.3) is 0 Å². The van der Waals surface area contributed by atoms with E-state index in [-0.39, 0.29) is 5.41 Å². The van der Waals surface area contributed by atoms with Crippen LogP contribution in [0.2, 0.25) is 0 Å². The SMILES string of the molecule is C=C(C)Cc1c(C)cc2c(c1-c1ccc(C)cc1)CC(c1ccc3c(c1)C(C1CCC(C4CCC4)CC1)=CC3C(C)(C)C)=C2.CC(C)(C)C. The lowest BCUT2D eigenvalue weighted by Gasteiger charge is -2.39. The number of hydrogen-bond donors (Lipinski definition) is 0. The van der Waals surface area contributed by atoms with Gasteiger partial charge in [0.15, 0.2) is 0 Å². The highest BCUT2D eigenvalue weighted by molar-refractivity contribution is 5.94. The van der Waals surface area contributed by atoms with Gasteiger partial charge in [-0.05, 0) is 155 Å². The topological polar surface area (TPSA) is 0 Å². The van der Waals surface area contributed by atoms with E-state index in [1.165, 1.54) is 101 Å². The standard InChI is InChI=1S/C44H52.C5H12/c1-27(2)21-38-29(4)22-36-23-35(25-40(36)43(38)33-13-11-28(3)12-14-33)34-19-20-37-41(24-34)39(26-42(37)44(5,6)7)32-17-15-31(16-18-32)30-9-8-10-30;1-5(2,3)4/h11-14,19-20,22-24,26,30-32,42H,1,8-10,15-18,21,25H2,2-7H3;1-4H3. The lowest BCUT2D eigenvalue weighted by molar-refractivity contribution is 0.150. The Morgan fingerprint density at radius 3 is 1.96 bits per heavy atom. The van der Waals surface area contributed by atoms with E-state index in [2.05, 4.69) is 136 Å². The van der Waals surface area contributed by atoms with Gasteiger partial charge in [0.2, 0.25) is 0 Å². The Morgan fingerprint density at radius 1 is 0.776 bits per heavy atom. The van der Waals surface area contributed by atoms with Crippen molar-refractivity contribution < 1.29 is 0 Å². The predicted octanol–water partition coefficient (Wildman–Crippen LogP) is 14.4. The minimum absolute atomic E-state index is 0.226. The molecule has 1 atom stereocenters. The average molecular weight is 653 g/mol. The van der Waals surface area contributed by atoms with Crippen molar-refractivity contribution in [2.75, 3.05) is 0 Å². The van der Waals surface area contributed by atoms with Crippen LogP contribution < -0.4 is 0 Å². The van der Waals surface area contributed by atoms with E-state index in [0.717, 1.165) is 30.6 Å². The summed E-state index contributed by atoms with van der Waals surface area (Å²) in [5.74, 6) is 3.26. The van der Waals surface area contributed by atoms with Crippen LogP contribution in [0.25, 0.3) is 28.3 Å². The zero-order chi connectivity index (χ0) is 35.2. The van der Waals surface area contributed by atoms with Crippen molar-refractivity contribution in [2.24, 2.45) is 28.6 Å². The maximum atomic E-state index is 4.30. The van der Waals surface area contributed by atoms with E-state index in [1.54, 1.807) is 16.7 Å². The molecule has 4 aliphatic carbocycles. The number of hydrogen-bond acceptors (Lipinski definition) is 0. The van der Waals surface area contributed by atoms with E-state index in [4.69, 9.17) is 0 Å². The molecule has 3 aromatic carbocycles. The van der Waals surface area contributed by atoms with Crippen LogP contribution in [-0.2, 0) is 12.8 Å². The normalized spacial score (nSPS) is 22.0. The number of fused-ring (bicyclic) bond motifs is 2. The molecular weight excluding hydrogens is 589 g/mol. The van der Waals surface area contributed by atoms with Crippen molar-refractivity contribution in [3.8, 4) is 11.1 Å². The first kappa shape index (κ1) is 35.7. The minimum Gasteiger partial charge on any atom is -0.0998 e. The number of rotatable bonds is 6. The molecule has 1 unspecified atom stereocenters. The molecule has 0 saturated heterocycles. The quantitative estimate of drug-likeness (QED) is 0.232. The summed E-state index contributed by atoms with van der Waals surface area (Å²) in [4.78, 5) is 0. The van der Waals surface area contributed by atoms with Gasteiger partial charge in [0.1, 0.15) is 0 Å². The van der Waals surface area contributed by atoms with Crippen LogP contribution >= 0.6 is 0 Å². The largest absolute Gasteiger partial charge is 0.0998 e. The summed E-state index contributed by atoms with van der Waals surface area (Å²) in [5.41, 5.74) is 19.4. The second-order valence-corrected chi connectivity index (χ2v) is 19.0. The van der Waals surface area contributed by atoms with Gasteiger partial charge in [-0.15, -0.1) is 0 Å². The van der Waals surface area contributed by atoms with Gasteiger partial charge >= 0.3 is 0 Å². The van der Waals surface area contributed by atoms with E-state index < -0.39 is 0 Å². The molecule has 0 aromatic heterocycles. The molecule has 0 radical (unpaired) electrons. The van der Waals surface area contributed by atoms with Crippen LogP contribution in [0.1, 0.15) is 151 Å². The lowest BCUT2D eigenvalue weighted by Crippen LogP contribution is -2.26. The fourth-order valence-electron chi connectivity index (χ4n) is 8.98. The molecule has 7 rings (SSSR count). The van der Waals surface area contributed by atoms with Gasteiger partial charge in [-0.25, -0.2) is 0 Å². The molecule has 49 heavy (non-hydrogen) atoms. The van der Waals surface area contributed by atoms with E-state index in [0.29, 0.717) is 11.3 Å². The third kappa shape index (κ3) is 7.95. The zero-order valence-corrected chi connectivity index (χ0v) is 32.7. The van der Waals surface area contributed by atoms with Crippen LogP contribution in [0.4, 0.5) is 0 Å². The zero-order valence-electron chi connectivity index (χ0n) is 32.7. The molecular formula is C49H64. The summed E-state index contributed by atoms with van der Waals surface area (Å²) >= 11 is 0. The molecule has 0 heteroatoms. The van der Waals surface area contributed by atoms with Crippen molar-refractivity contribution in [2.45, 2.75) is 133 Å². The molecule has 4 aliphatic rings. The summed E-state index contributed by atoms with van der Waals surface area (Å²) < 4.78 is 0. The third-order valence-electron chi connectivity index (χ3n) is 11.7. The Kier molecular flexibility index (Phi) is 10.1. The molecule has 0 amide bonds. The summed E-state index contributed by atoms with van der Waals surface area (Å²) in [6.07, 6.45) is 17.2. The average Bonchev–Trinajstić information content (AvgIpc) is 3.58. The Hall–Kier alpha value is -3.12.